The highest BCUT2D eigenvalue weighted by atomic mass is 16.5. The summed E-state index contributed by atoms with van der Waals surface area (Å²) < 4.78 is 10.8. The van der Waals surface area contributed by atoms with Crippen molar-refractivity contribution in [2.24, 2.45) is 5.92 Å². The van der Waals surface area contributed by atoms with Crippen molar-refractivity contribution in [2.75, 3.05) is 0 Å². The van der Waals surface area contributed by atoms with Crippen molar-refractivity contribution in [1.29, 1.82) is 0 Å². The van der Waals surface area contributed by atoms with Crippen molar-refractivity contribution in [3.63, 3.8) is 0 Å². The maximum absolute atomic E-state index is 6.54. The first-order valence-electron chi connectivity index (χ1n) is 16.2. The van der Waals surface area contributed by atoms with Crippen LogP contribution in [0.5, 0.6) is 11.5 Å². The van der Waals surface area contributed by atoms with Gasteiger partial charge in [0.15, 0.2) is 0 Å². The summed E-state index contributed by atoms with van der Waals surface area (Å²) in [6.45, 7) is 13.2. The summed E-state index contributed by atoms with van der Waals surface area (Å²) in [6, 6.07) is 33.8. The topological polar surface area (TPSA) is 44.9 Å². The van der Waals surface area contributed by atoms with Gasteiger partial charge in [0, 0.05) is 40.4 Å². The number of ether oxygens (including phenoxy) is 1. The number of aryl methyl sites for hydroxylation is 4. The lowest BCUT2D eigenvalue weighted by Gasteiger charge is -2.15. The number of nitrogens with zero attached hydrogens (tertiary/aromatic N) is 4. The van der Waals surface area contributed by atoms with Crippen LogP contribution in [0.2, 0.25) is 0 Å². The second-order valence-electron chi connectivity index (χ2n) is 12.8. The van der Waals surface area contributed by atoms with Gasteiger partial charge in [0.25, 0.3) is 0 Å². The molecule has 0 aliphatic heterocycles. The van der Waals surface area contributed by atoms with Crippen LogP contribution in [0, 0.1) is 33.6 Å². The molecule has 0 aliphatic rings. The van der Waals surface area contributed by atoms with E-state index < -0.39 is 0 Å². The van der Waals surface area contributed by atoms with E-state index in [-0.39, 0.29) is 0 Å². The summed E-state index contributed by atoms with van der Waals surface area (Å²) in [5.74, 6) is 3.08. The number of rotatable bonds is 8. The molecule has 46 heavy (non-hydrogen) atoms. The molecule has 0 saturated carbocycles. The Hall–Kier alpha value is -5.16. The van der Waals surface area contributed by atoms with Gasteiger partial charge >= 0.3 is 0 Å². The minimum Gasteiger partial charge on any atom is -0.457 e. The van der Waals surface area contributed by atoms with Crippen LogP contribution in [0.25, 0.3) is 44.4 Å². The zero-order chi connectivity index (χ0) is 31.9. The smallest absolute Gasteiger partial charge is 0.137 e. The van der Waals surface area contributed by atoms with Gasteiger partial charge in [-0.25, -0.2) is 9.67 Å². The summed E-state index contributed by atoms with van der Waals surface area (Å²) in [4.78, 5) is 4.72. The van der Waals surface area contributed by atoms with Crippen LogP contribution in [-0.2, 0) is 6.42 Å². The number of pyridine rings is 1. The largest absolute Gasteiger partial charge is 0.457 e. The molecule has 0 fully saturated rings. The molecule has 0 aliphatic carbocycles. The third-order valence-corrected chi connectivity index (χ3v) is 8.96. The van der Waals surface area contributed by atoms with E-state index in [1.807, 2.05) is 30.5 Å². The first-order valence-corrected chi connectivity index (χ1v) is 16.2. The van der Waals surface area contributed by atoms with Crippen LogP contribution < -0.4 is 4.74 Å². The fourth-order valence-electron chi connectivity index (χ4n) is 6.71. The molecule has 5 nitrogen and oxygen atoms in total. The maximum atomic E-state index is 6.54. The van der Waals surface area contributed by atoms with Gasteiger partial charge in [-0.2, -0.15) is 5.10 Å². The lowest BCUT2D eigenvalue weighted by atomic mass is 9.90. The van der Waals surface area contributed by atoms with Crippen LogP contribution >= 0.6 is 0 Å². The molecule has 230 valence electrons. The Bertz CT molecular complexity index is 2220. The molecule has 0 N–H and O–H groups in total. The number of benzene rings is 4. The van der Waals surface area contributed by atoms with E-state index in [1.165, 1.54) is 38.6 Å². The van der Waals surface area contributed by atoms with Crippen molar-refractivity contribution < 1.29 is 4.74 Å². The Labute approximate surface area is 271 Å². The Morgan fingerprint density at radius 2 is 1.50 bits per heavy atom. The molecular formula is C41H40N4O. The first-order chi connectivity index (χ1) is 22.3. The highest BCUT2D eigenvalue weighted by molar-refractivity contribution is 6.09. The van der Waals surface area contributed by atoms with Crippen molar-refractivity contribution in [3.05, 3.63) is 131 Å². The van der Waals surface area contributed by atoms with Gasteiger partial charge in [0.05, 0.1) is 22.4 Å². The summed E-state index contributed by atoms with van der Waals surface area (Å²) in [7, 11) is 0. The van der Waals surface area contributed by atoms with Gasteiger partial charge in [-0.3, -0.25) is 4.57 Å². The summed E-state index contributed by atoms with van der Waals surface area (Å²) in [5.41, 5.74) is 11.7. The minimum atomic E-state index is 0.657. The van der Waals surface area contributed by atoms with E-state index in [4.69, 9.17) is 14.8 Å². The number of fused-ring (bicyclic) bond motifs is 3. The summed E-state index contributed by atoms with van der Waals surface area (Å²) >= 11 is 0. The molecule has 0 amide bonds. The van der Waals surface area contributed by atoms with Crippen LogP contribution in [0.1, 0.15) is 48.3 Å². The number of hydrogen-bond donors (Lipinski definition) is 0. The highest BCUT2D eigenvalue weighted by Crippen LogP contribution is 2.37. The van der Waals surface area contributed by atoms with Crippen molar-refractivity contribution in [3.8, 4) is 34.1 Å². The highest BCUT2D eigenvalue weighted by Gasteiger charge is 2.20. The maximum Gasteiger partial charge on any atom is 0.137 e. The Kier molecular flexibility index (Phi) is 7.69. The van der Waals surface area contributed by atoms with Crippen LogP contribution in [0.4, 0.5) is 0 Å². The van der Waals surface area contributed by atoms with Gasteiger partial charge in [0.2, 0.25) is 0 Å². The molecule has 0 atom stereocenters. The van der Waals surface area contributed by atoms with Crippen LogP contribution in [-0.4, -0.2) is 19.3 Å². The van der Waals surface area contributed by atoms with E-state index in [0.717, 1.165) is 58.3 Å². The monoisotopic (exact) mass is 604 g/mol. The Morgan fingerprint density at radius 3 is 2.33 bits per heavy atom. The van der Waals surface area contributed by atoms with E-state index in [0.29, 0.717) is 5.92 Å². The predicted molar refractivity (Wildman–Crippen MR) is 190 cm³/mol. The fraction of sp³-hybridized carbons (Fsp3) is 0.220. The van der Waals surface area contributed by atoms with Crippen molar-refractivity contribution in [1.82, 2.24) is 19.3 Å². The molecule has 3 aromatic heterocycles. The molecule has 0 bridgehead atoms. The molecule has 0 radical (unpaired) electrons. The van der Waals surface area contributed by atoms with Crippen molar-refractivity contribution >= 4 is 21.8 Å². The second-order valence-corrected chi connectivity index (χ2v) is 12.8. The van der Waals surface area contributed by atoms with Gasteiger partial charge in [0.1, 0.15) is 17.3 Å². The zero-order valence-corrected chi connectivity index (χ0v) is 27.5. The number of aromatic nitrogens is 4. The second kappa shape index (κ2) is 12.0. The SMILES string of the molecule is Cc1ccnc(-n2c3ccccc3c3ccc(Oc4cccc(-n5nc(C)c(-c6c(C)cccc6CCC(C)C)c5C)c4)cc32)c1. The molecule has 7 aromatic rings. The average Bonchev–Trinajstić information content (AvgIpc) is 3.53. The quantitative estimate of drug-likeness (QED) is 0.173. The third-order valence-electron chi connectivity index (χ3n) is 8.96. The average molecular weight is 605 g/mol. The molecule has 5 heteroatoms. The van der Waals surface area contributed by atoms with E-state index in [2.05, 4.69) is 124 Å². The van der Waals surface area contributed by atoms with Crippen LogP contribution in [0.3, 0.4) is 0 Å². The Balaban J connectivity index is 1.26. The van der Waals surface area contributed by atoms with Crippen molar-refractivity contribution in [2.45, 2.75) is 54.4 Å². The van der Waals surface area contributed by atoms with E-state index in [1.54, 1.807) is 0 Å². The number of hydrogen-bond acceptors (Lipinski definition) is 3. The lowest BCUT2D eigenvalue weighted by molar-refractivity contribution is 0.482. The fourth-order valence-corrected chi connectivity index (χ4v) is 6.71. The van der Waals surface area contributed by atoms with Gasteiger partial charge in [-0.15, -0.1) is 0 Å². The zero-order valence-electron chi connectivity index (χ0n) is 27.5. The van der Waals surface area contributed by atoms with Gasteiger partial charge < -0.3 is 4.74 Å². The minimum absolute atomic E-state index is 0.657. The lowest BCUT2D eigenvalue weighted by Crippen LogP contribution is -2.01. The standard InChI is InChI=1S/C41H40N4O/c1-26(2)17-18-31-12-9-11-28(4)40(31)41-29(5)43-45(30(41)6)32-13-10-14-33(24-32)46-34-19-20-36-35-15-7-8-16-37(35)44(38(36)25-34)39-23-27(3)21-22-42-39/h7-16,19-26H,17-18H2,1-6H3. The molecule has 3 heterocycles. The molecule has 0 unspecified atom stereocenters. The molecule has 7 rings (SSSR count). The predicted octanol–water partition coefficient (Wildman–Crippen LogP) is 10.6. The van der Waals surface area contributed by atoms with Gasteiger partial charge in [-0.05, 0) is 111 Å². The van der Waals surface area contributed by atoms with E-state index in [9.17, 15) is 0 Å². The third kappa shape index (κ3) is 5.36. The molecular weight excluding hydrogens is 564 g/mol. The van der Waals surface area contributed by atoms with E-state index >= 15 is 0 Å². The number of para-hydroxylation sites is 1. The summed E-state index contributed by atoms with van der Waals surface area (Å²) in [6.07, 6.45) is 4.09. The molecule has 4 aromatic carbocycles. The molecule has 0 spiro atoms. The molecule has 0 saturated heterocycles. The first kappa shape index (κ1) is 29.5. The normalized spacial score (nSPS) is 11.6. The van der Waals surface area contributed by atoms with Crippen LogP contribution in [0.15, 0.2) is 103 Å². The van der Waals surface area contributed by atoms with Gasteiger partial charge in [-0.1, -0.05) is 56.3 Å². The summed E-state index contributed by atoms with van der Waals surface area (Å²) in [5, 5.41) is 7.41. The Morgan fingerprint density at radius 1 is 0.717 bits per heavy atom.